The number of methoxy groups -OCH3 is 2. The van der Waals surface area contributed by atoms with E-state index in [0.717, 1.165) is 11.1 Å². The first-order valence-electron chi connectivity index (χ1n) is 11.6. The summed E-state index contributed by atoms with van der Waals surface area (Å²) >= 11 is 0. The average Bonchev–Trinajstić information content (AvgIpc) is 3.32. The molecule has 0 spiro atoms. The molecule has 1 aromatic heterocycles. The van der Waals surface area contributed by atoms with E-state index in [1.54, 1.807) is 37.1 Å². The van der Waals surface area contributed by atoms with E-state index in [1.807, 2.05) is 60.7 Å². The van der Waals surface area contributed by atoms with Crippen LogP contribution in [0.1, 0.15) is 17.2 Å². The minimum atomic E-state index is -0.902. The molecule has 0 radical (unpaired) electrons. The Hall–Kier alpha value is -4.24. The van der Waals surface area contributed by atoms with Crippen LogP contribution in [0.15, 0.2) is 78.9 Å². The van der Waals surface area contributed by atoms with E-state index < -0.39 is 6.04 Å². The van der Waals surface area contributed by atoms with Gasteiger partial charge in [0.2, 0.25) is 11.8 Å². The van der Waals surface area contributed by atoms with E-state index in [1.165, 1.54) is 4.90 Å². The van der Waals surface area contributed by atoms with Crippen LogP contribution in [0.5, 0.6) is 5.75 Å². The van der Waals surface area contributed by atoms with Crippen LogP contribution in [0.3, 0.4) is 0 Å². The van der Waals surface area contributed by atoms with E-state index in [4.69, 9.17) is 9.47 Å². The number of hydrogen-bond donors (Lipinski definition) is 1. The first-order chi connectivity index (χ1) is 17.6. The zero-order valence-electron chi connectivity index (χ0n) is 20.3. The molecule has 0 aliphatic carbocycles. The average molecular weight is 488 g/mol. The maximum absolute atomic E-state index is 13.7. The molecule has 0 fully saturated rings. The topological polar surface area (TPSA) is 98.6 Å². The highest BCUT2D eigenvalue weighted by Crippen LogP contribution is 2.26. The van der Waals surface area contributed by atoms with Crippen molar-refractivity contribution in [2.45, 2.75) is 19.1 Å². The van der Waals surface area contributed by atoms with Gasteiger partial charge in [0.1, 0.15) is 23.9 Å². The van der Waals surface area contributed by atoms with Crippen molar-refractivity contribution in [3.05, 3.63) is 90.0 Å². The lowest BCUT2D eigenvalue weighted by Gasteiger charge is -2.31. The highest BCUT2D eigenvalue weighted by molar-refractivity contribution is 5.89. The second kappa shape index (κ2) is 11.9. The van der Waals surface area contributed by atoms with Crippen molar-refractivity contribution in [1.29, 1.82) is 0 Å². The van der Waals surface area contributed by atoms with Gasteiger partial charge in [0.15, 0.2) is 0 Å². The highest BCUT2D eigenvalue weighted by Gasteiger charge is 2.32. The molecule has 4 aromatic rings. The number of nitrogens with zero attached hydrogens (tertiary/aromatic N) is 4. The third-order valence-corrected chi connectivity index (χ3v) is 5.84. The monoisotopic (exact) mass is 487 g/mol. The normalized spacial score (nSPS) is 11.7. The third-order valence-electron chi connectivity index (χ3n) is 5.84. The summed E-state index contributed by atoms with van der Waals surface area (Å²) in [6, 6.07) is 23.3. The van der Waals surface area contributed by atoms with Crippen molar-refractivity contribution in [2.75, 3.05) is 27.4 Å². The van der Waals surface area contributed by atoms with E-state index >= 15 is 0 Å². The third kappa shape index (κ3) is 5.87. The predicted molar refractivity (Wildman–Crippen MR) is 135 cm³/mol. The summed E-state index contributed by atoms with van der Waals surface area (Å²) in [5.74, 6) is 0.000150. The van der Waals surface area contributed by atoms with Gasteiger partial charge >= 0.3 is 0 Å². The molecule has 0 aliphatic rings. The summed E-state index contributed by atoms with van der Waals surface area (Å²) in [6.45, 7) is 0.732. The molecule has 186 valence electrons. The molecule has 1 N–H and O–H groups in total. The number of rotatable bonds is 11. The molecular formula is C27H29N5O4. The molecule has 9 nitrogen and oxygen atoms in total. The van der Waals surface area contributed by atoms with Crippen molar-refractivity contribution in [3.8, 4) is 5.75 Å². The van der Waals surface area contributed by atoms with Crippen molar-refractivity contribution in [1.82, 2.24) is 25.2 Å². The molecule has 0 saturated carbocycles. The van der Waals surface area contributed by atoms with Crippen LogP contribution in [0, 0.1) is 0 Å². The zero-order valence-corrected chi connectivity index (χ0v) is 20.3. The van der Waals surface area contributed by atoms with Crippen LogP contribution in [0.2, 0.25) is 0 Å². The van der Waals surface area contributed by atoms with Crippen LogP contribution in [0.25, 0.3) is 11.0 Å². The summed E-state index contributed by atoms with van der Waals surface area (Å²) in [5, 5.41) is 11.3. The zero-order chi connectivity index (χ0) is 25.3. The summed E-state index contributed by atoms with van der Waals surface area (Å²) < 4.78 is 12.2. The summed E-state index contributed by atoms with van der Waals surface area (Å²) in [5.41, 5.74) is 3.02. The van der Waals surface area contributed by atoms with Crippen LogP contribution >= 0.6 is 0 Å². The van der Waals surface area contributed by atoms with Gasteiger partial charge in [0.05, 0.1) is 19.2 Å². The van der Waals surface area contributed by atoms with E-state index in [-0.39, 0.29) is 31.5 Å². The summed E-state index contributed by atoms with van der Waals surface area (Å²) in [6.07, 6.45) is 0. The smallest absolute Gasteiger partial charge is 0.247 e. The molecule has 3 aromatic carbocycles. The van der Waals surface area contributed by atoms with Gasteiger partial charge in [-0.1, -0.05) is 59.8 Å². The maximum atomic E-state index is 13.7. The molecule has 1 atom stereocenters. The second-order valence-electron chi connectivity index (χ2n) is 8.20. The first-order valence-corrected chi connectivity index (χ1v) is 11.6. The molecule has 0 saturated heterocycles. The van der Waals surface area contributed by atoms with Crippen molar-refractivity contribution >= 4 is 22.8 Å². The number of amides is 2. The fourth-order valence-corrected chi connectivity index (χ4v) is 4.01. The Balaban J connectivity index is 1.66. The van der Waals surface area contributed by atoms with Crippen LogP contribution in [-0.4, -0.2) is 59.1 Å². The number of fused-ring (bicyclic) bond motifs is 1. The predicted octanol–water partition coefficient (Wildman–Crippen LogP) is 2.97. The number of aromatic nitrogens is 3. The van der Waals surface area contributed by atoms with Crippen molar-refractivity contribution < 1.29 is 19.1 Å². The number of ether oxygens (including phenoxy) is 2. The lowest BCUT2D eigenvalue weighted by molar-refractivity contribution is -0.142. The molecule has 0 aliphatic heterocycles. The molecule has 2 amide bonds. The van der Waals surface area contributed by atoms with Gasteiger partial charge in [-0.25, -0.2) is 4.68 Å². The number of hydrogen-bond acceptors (Lipinski definition) is 6. The van der Waals surface area contributed by atoms with Crippen LogP contribution in [-0.2, 0) is 27.4 Å². The minimum absolute atomic E-state index is 0.0728. The molecular weight excluding hydrogens is 458 g/mol. The fraction of sp³-hybridized carbons (Fsp3) is 0.259. The van der Waals surface area contributed by atoms with Gasteiger partial charge < -0.3 is 19.7 Å². The van der Waals surface area contributed by atoms with Gasteiger partial charge in [-0.2, -0.15) is 0 Å². The van der Waals surface area contributed by atoms with E-state index in [0.29, 0.717) is 23.4 Å². The Morgan fingerprint density at radius 3 is 2.56 bits per heavy atom. The number of carbonyl (C=O) groups is 2. The van der Waals surface area contributed by atoms with Gasteiger partial charge in [-0.05, 0) is 35.4 Å². The van der Waals surface area contributed by atoms with Gasteiger partial charge in [0.25, 0.3) is 0 Å². The second-order valence-corrected chi connectivity index (χ2v) is 8.20. The van der Waals surface area contributed by atoms with Crippen LogP contribution < -0.4 is 10.1 Å². The van der Waals surface area contributed by atoms with Gasteiger partial charge in [-0.15, -0.1) is 5.10 Å². The van der Waals surface area contributed by atoms with Crippen molar-refractivity contribution in [3.63, 3.8) is 0 Å². The Morgan fingerprint density at radius 2 is 1.78 bits per heavy atom. The van der Waals surface area contributed by atoms with Crippen molar-refractivity contribution in [2.24, 2.45) is 0 Å². The SMILES string of the molecule is COCCN(C(=O)Cn1nnc2ccccc21)C(C(=O)NCc1ccccc1)c1cccc(OC)c1. The Bertz CT molecular complexity index is 1310. The Labute approximate surface area is 209 Å². The molecule has 4 rings (SSSR count). The quantitative estimate of drug-likeness (QED) is 0.349. The first kappa shape index (κ1) is 24.9. The number of nitrogens with one attached hydrogen (secondary N) is 1. The number of para-hydroxylation sites is 1. The molecule has 1 unspecified atom stereocenters. The number of carbonyl (C=O) groups excluding carboxylic acids is 2. The van der Waals surface area contributed by atoms with Gasteiger partial charge in [0, 0.05) is 20.2 Å². The highest BCUT2D eigenvalue weighted by atomic mass is 16.5. The van der Waals surface area contributed by atoms with E-state index in [9.17, 15) is 9.59 Å². The summed E-state index contributed by atoms with van der Waals surface area (Å²) in [4.78, 5) is 28.8. The molecule has 36 heavy (non-hydrogen) atoms. The Morgan fingerprint density at radius 1 is 1.00 bits per heavy atom. The molecule has 0 bridgehead atoms. The standard InChI is InChI=1S/C27H29N5O4/c1-35-16-15-31(25(33)19-32-24-14-7-6-13-23(24)29-30-32)26(21-11-8-12-22(17-21)36-2)27(34)28-18-20-9-4-3-5-10-20/h3-14,17,26H,15-16,18-19H2,1-2H3,(H,28,34). The minimum Gasteiger partial charge on any atom is -0.497 e. The van der Waals surface area contributed by atoms with Gasteiger partial charge in [-0.3, -0.25) is 9.59 Å². The largest absolute Gasteiger partial charge is 0.497 e. The lowest BCUT2D eigenvalue weighted by atomic mass is 10.0. The van der Waals surface area contributed by atoms with E-state index in [2.05, 4.69) is 15.6 Å². The lowest BCUT2D eigenvalue weighted by Crippen LogP contribution is -2.46. The summed E-state index contributed by atoms with van der Waals surface area (Å²) in [7, 11) is 3.12. The number of benzene rings is 3. The Kier molecular flexibility index (Phi) is 8.25. The fourth-order valence-electron chi connectivity index (χ4n) is 4.01. The maximum Gasteiger partial charge on any atom is 0.247 e. The van der Waals surface area contributed by atoms with Crippen LogP contribution in [0.4, 0.5) is 0 Å². The molecule has 1 heterocycles. The molecule has 9 heteroatoms.